The fraction of sp³-hybridized carbons (Fsp3) is 0.720. The van der Waals surface area contributed by atoms with Crippen molar-refractivity contribution < 1.29 is 4.79 Å². The largest absolute Gasteiger partial charge is 0.369 e. The molecule has 2 aliphatic rings. The predicted octanol–water partition coefficient (Wildman–Crippen LogP) is 4.61. The van der Waals surface area contributed by atoms with Gasteiger partial charge in [-0.1, -0.05) is 39.8 Å². The van der Waals surface area contributed by atoms with Gasteiger partial charge in [-0.25, -0.2) is 0 Å². The van der Waals surface area contributed by atoms with Gasteiger partial charge in [0, 0.05) is 51.4 Å². The van der Waals surface area contributed by atoms with Crippen LogP contribution in [0.5, 0.6) is 0 Å². The molecule has 4 nitrogen and oxygen atoms in total. The number of likely N-dealkylation sites (tertiary alicyclic amines) is 1. The maximum atomic E-state index is 12.5. The average Bonchev–Trinajstić information content (AvgIpc) is 2.74. The molecule has 3 rings (SSSR count). The molecule has 1 aromatic rings. The highest BCUT2D eigenvalue weighted by Gasteiger charge is 2.24. The SMILES string of the molecule is CC(C)c1ccc(N2CCN(CCCC(=O)N3CCC(C(C)C)CC3)CC2)cc1. The Morgan fingerprint density at radius 2 is 1.55 bits per heavy atom. The predicted molar refractivity (Wildman–Crippen MR) is 123 cm³/mol. The summed E-state index contributed by atoms with van der Waals surface area (Å²) in [7, 11) is 0. The van der Waals surface area contributed by atoms with Crippen LogP contribution in [-0.2, 0) is 4.79 Å². The molecule has 0 saturated carbocycles. The van der Waals surface area contributed by atoms with Crippen LogP contribution in [-0.4, -0.2) is 61.5 Å². The molecule has 1 amide bonds. The molecule has 1 aromatic carbocycles. The number of piperidine rings is 1. The topological polar surface area (TPSA) is 26.8 Å². The van der Waals surface area contributed by atoms with Crippen molar-refractivity contribution in [2.24, 2.45) is 11.8 Å². The number of carbonyl (C=O) groups is 1. The quantitative estimate of drug-likeness (QED) is 0.670. The van der Waals surface area contributed by atoms with E-state index in [0.29, 0.717) is 18.2 Å². The maximum absolute atomic E-state index is 12.5. The Bertz CT molecular complexity index is 624. The van der Waals surface area contributed by atoms with E-state index in [4.69, 9.17) is 0 Å². The van der Waals surface area contributed by atoms with Crippen molar-refractivity contribution in [3.05, 3.63) is 29.8 Å². The zero-order chi connectivity index (χ0) is 20.8. The molecular weight excluding hydrogens is 358 g/mol. The Kier molecular flexibility index (Phi) is 7.99. The molecule has 0 radical (unpaired) electrons. The van der Waals surface area contributed by atoms with Gasteiger partial charge in [0.25, 0.3) is 0 Å². The third-order valence-corrected chi connectivity index (χ3v) is 7.00. The number of hydrogen-bond donors (Lipinski definition) is 0. The van der Waals surface area contributed by atoms with Crippen molar-refractivity contribution in [1.29, 1.82) is 0 Å². The van der Waals surface area contributed by atoms with Crippen LogP contribution in [0.2, 0.25) is 0 Å². The highest BCUT2D eigenvalue weighted by Crippen LogP contribution is 2.25. The van der Waals surface area contributed by atoms with Crippen LogP contribution in [0, 0.1) is 11.8 Å². The molecule has 0 aromatic heterocycles. The maximum Gasteiger partial charge on any atom is 0.222 e. The summed E-state index contributed by atoms with van der Waals surface area (Å²) in [6, 6.07) is 9.07. The van der Waals surface area contributed by atoms with Gasteiger partial charge in [0.15, 0.2) is 0 Å². The van der Waals surface area contributed by atoms with E-state index < -0.39 is 0 Å². The molecule has 162 valence electrons. The molecule has 0 aliphatic carbocycles. The van der Waals surface area contributed by atoms with E-state index in [2.05, 4.69) is 66.7 Å². The Hall–Kier alpha value is -1.55. The van der Waals surface area contributed by atoms with Crippen LogP contribution in [0.15, 0.2) is 24.3 Å². The first kappa shape index (κ1) is 22.1. The lowest BCUT2D eigenvalue weighted by atomic mass is 9.86. The average molecular weight is 400 g/mol. The van der Waals surface area contributed by atoms with Gasteiger partial charge >= 0.3 is 0 Å². The van der Waals surface area contributed by atoms with Gasteiger partial charge in [0.2, 0.25) is 5.91 Å². The number of carbonyl (C=O) groups excluding carboxylic acids is 1. The molecule has 0 spiro atoms. The van der Waals surface area contributed by atoms with E-state index in [0.717, 1.165) is 64.1 Å². The van der Waals surface area contributed by atoms with Crippen molar-refractivity contribution >= 4 is 11.6 Å². The highest BCUT2D eigenvalue weighted by atomic mass is 16.2. The molecule has 2 fully saturated rings. The van der Waals surface area contributed by atoms with Gasteiger partial charge in [0.05, 0.1) is 0 Å². The summed E-state index contributed by atoms with van der Waals surface area (Å²) in [4.78, 5) is 19.7. The van der Waals surface area contributed by atoms with Gasteiger partial charge < -0.3 is 9.80 Å². The highest BCUT2D eigenvalue weighted by molar-refractivity contribution is 5.76. The summed E-state index contributed by atoms with van der Waals surface area (Å²) in [6.07, 6.45) is 4.07. The molecule has 0 atom stereocenters. The number of nitrogens with zero attached hydrogens (tertiary/aromatic N) is 3. The number of benzene rings is 1. The third kappa shape index (κ3) is 6.21. The lowest BCUT2D eigenvalue weighted by Crippen LogP contribution is -2.46. The molecule has 29 heavy (non-hydrogen) atoms. The Labute approximate surface area is 178 Å². The van der Waals surface area contributed by atoms with Crippen molar-refractivity contribution in [1.82, 2.24) is 9.80 Å². The first-order valence-corrected chi connectivity index (χ1v) is 11.8. The van der Waals surface area contributed by atoms with E-state index >= 15 is 0 Å². The van der Waals surface area contributed by atoms with E-state index in [1.807, 2.05) is 0 Å². The second kappa shape index (κ2) is 10.5. The number of rotatable bonds is 7. The van der Waals surface area contributed by atoms with Gasteiger partial charge in [-0.15, -0.1) is 0 Å². The lowest BCUT2D eigenvalue weighted by molar-refractivity contribution is -0.133. The summed E-state index contributed by atoms with van der Waals surface area (Å²) in [6.45, 7) is 16.4. The van der Waals surface area contributed by atoms with Gasteiger partial charge in [-0.05, 0) is 61.3 Å². The minimum atomic E-state index is 0.371. The fourth-order valence-corrected chi connectivity index (χ4v) is 4.73. The summed E-state index contributed by atoms with van der Waals surface area (Å²) in [5, 5.41) is 0. The normalized spacial score (nSPS) is 19.4. The van der Waals surface area contributed by atoms with Crippen LogP contribution in [0.3, 0.4) is 0 Å². The number of piperazine rings is 1. The summed E-state index contributed by atoms with van der Waals surface area (Å²) in [5.41, 5.74) is 2.75. The molecule has 0 bridgehead atoms. The number of anilines is 1. The van der Waals surface area contributed by atoms with E-state index in [1.54, 1.807) is 0 Å². The summed E-state index contributed by atoms with van der Waals surface area (Å²) in [5.74, 6) is 2.51. The van der Waals surface area contributed by atoms with Gasteiger partial charge in [0.1, 0.15) is 0 Å². The number of amides is 1. The molecular formula is C25H41N3O. The Morgan fingerprint density at radius 1 is 0.931 bits per heavy atom. The van der Waals surface area contributed by atoms with Crippen molar-refractivity contribution in [2.75, 3.05) is 50.7 Å². The molecule has 2 heterocycles. The van der Waals surface area contributed by atoms with Crippen molar-refractivity contribution in [3.63, 3.8) is 0 Å². The molecule has 2 aliphatic heterocycles. The zero-order valence-corrected chi connectivity index (χ0v) is 19.1. The van der Waals surface area contributed by atoms with Crippen LogP contribution in [0.25, 0.3) is 0 Å². The fourth-order valence-electron chi connectivity index (χ4n) is 4.73. The summed E-state index contributed by atoms with van der Waals surface area (Å²) >= 11 is 0. The van der Waals surface area contributed by atoms with E-state index in [1.165, 1.54) is 24.1 Å². The lowest BCUT2D eigenvalue weighted by Gasteiger charge is -2.36. The van der Waals surface area contributed by atoms with E-state index in [-0.39, 0.29) is 0 Å². The second-order valence-corrected chi connectivity index (χ2v) is 9.64. The molecule has 2 saturated heterocycles. The standard InChI is InChI=1S/C25H41N3O/c1-20(2)22-7-9-24(10-8-22)27-18-16-26(17-19-27)13-5-6-25(29)28-14-11-23(12-15-28)21(3)4/h7-10,20-21,23H,5-6,11-19H2,1-4H3. The smallest absolute Gasteiger partial charge is 0.222 e. The van der Waals surface area contributed by atoms with Crippen LogP contribution in [0.4, 0.5) is 5.69 Å². The molecule has 0 unspecified atom stereocenters. The monoisotopic (exact) mass is 399 g/mol. The third-order valence-electron chi connectivity index (χ3n) is 7.00. The Morgan fingerprint density at radius 3 is 2.10 bits per heavy atom. The second-order valence-electron chi connectivity index (χ2n) is 9.64. The minimum Gasteiger partial charge on any atom is -0.369 e. The first-order chi connectivity index (χ1) is 13.9. The van der Waals surface area contributed by atoms with Crippen molar-refractivity contribution in [3.8, 4) is 0 Å². The molecule has 4 heteroatoms. The van der Waals surface area contributed by atoms with Gasteiger partial charge in [-0.3, -0.25) is 9.69 Å². The van der Waals surface area contributed by atoms with Crippen LogP contribution in [0.1, 0.15) is 64.9 Å². The minimum absolute atomic E-state index is 0.371. The van der Waals surface area contributed by atoms with Crippen LogP contribution < -0.4 is 4.90 Å². The molecule has 0 N–H and O–H groups in total. The van der Waals surface area contributed by atoms with Crippen LogP contribution >= 0.6 is 0 Å². The number of hydrogen-bond acceptors (Lipinski definition) is 3. The zero-order valence-electron chi connectivity index (χ0n) is 19.1. The Balaban J connectivity index is 1.33. The first-order valence-electron chi connectivity index (χ1n) is 11.8. The van der Waals surface area contributed by atoms with E-state index in [9.17, 15) is 4.79 Å². The summed E-state index contributed by atoms with van der Waals surface area (Å²) < 4.78 is 0. The van der Waals surface area contributed by atoms with Gasteiger partial charge in [-0.2, -0.15) is 0 Å². The van der Waals surface area contributed by atoms with Crippen molar-refractivity contribution in [2.45, 2.75) is 59.3 Å².